The lowest BCUT2D eigenvalue weighted by atomic mass is 9.93. The molecule has 2 aliphatic heterocycles. The first-order valence-corrected chi connectivity index (χ1v) is 14.0. The second kappa shape index (κ2) is 14.0. The number of rotatable bonds is 12. The molecular formula is C33H38O7. The smallest absolute Gasteiger partial charge is 0.302 e. The molecule has 5 rings (SSSR count). The summed E-state index contributed by atoms with van der Waals surface area (Å²) in [5.41, 5.74) is 3.25. The zero-order chi connectivity index (χ0) is 27.6. The van der Waals surface area contributed by atoms with Gasteiger partial charge in [-0.25, -0.2) is 0 Å². The summed E-state index contributed by atoms with van der Waals surface area (Å²) in [5, 5.41) is 0. The molecule has 3 aromatic carbocycles. The number of hydrogen-bond acceptors (Lipinski definition) is 7. The maximum absolute atomic E-state index is 11.4. The Morgan fingerprint density at radius 2 is 1.35 bits per heavy atom. The van der Waals surface area contributed by atoms with Crippen molar-refractivity contribution in [3.05, 3.63) is 108 Å². The molecule has 212 valence electrons. The van der Waals surface area contributed by atoms with E-state index in [0.29, 0.717) is 39.3 Å². The fourth-order valence-electron chi connectivity index (χ4n) is 5.33. The van der Waals surface area contributed by atoms with E-state index in [4.69, 9.17) is 28.4 Å². The van der Waals surface area contributed by atoms with Gasteiger partial charge in [-0.3, -0.25) is 4.79 Å². The largest absolute Gasteiger partial charge is 0.463 e. The highest BCUT2D eigenvalue weighted by Crippen LogP contribution is 2.43. The Balaban J connectivity index is 1.34. The summed E-state index contributed by atoms with van der Waals surface area (Å²) in [6.45, 7) is 3.27. The molecule has 2 heterocycles. The van der Waals surface area contributed by atoms with Gasteiger partial charge in [-0.2, -0.15) is 0 Å². The summed E-state index contributed by atoms with van der Waals surface area (Å²) in [6, 6.07) is 30.3. The van der Waals surface area contributed by atoms with Crippen molar-refractivity contribution in [2.45, 2.75) is 76.2 Å². The van der Waals surface area contributed by atoms with Gasteiger partial charge < -0.3 is 28.4 Å². The Morgan fingerprint density at radius 1 is 0.775 bits per heavy atom. The van der Waals surface area contributed by atoms with Crippen molar-refractivity contribution in [3.63, 3.8) is 0 Å². The van der Waals surface area contributed by atoms with Crippen LogP contribution in [0.4, 0.5) is 0 Å². The van der Waals surface area contributed by atoms with E-state index in [1.165, 1.54) is 6.92 Å². The van der Waals surface area contributed by atoms with Crippen LogP contribution in [0.2, 0.25) is 0 Å². The van der Waals surface area contributed by atoms with E-state index in [1.807, 2.05) is 78.9 Å². The van der Waals surface area contributed by atoms with Crippen molar-refractivity contribution < 1.29 is 33.2 Å². The maximum atomic E-state index is 11.4. The first-order valence-electron chi connectivity index (χ1n) is 14.0. The zero-order valence-corrected chi connectivity index (χ0v) is 23.0. The molecular weight excluding hydrogens is 508 g/mol. The van der Waals surface area contributed by atoms with Crippen LogP contribution >= 0.6 is 0 Å². The molecule has 1 spiro atoms. The van der Waals surface area contributed by atoms with Gasteiger partial charge in [0.05, 0.1) is 38.6 Å². The van der Waals surface area contributed by atoms with E-state index < -0.39 is 11.9 Å². The molecule has 1 unspecified atom stereocenters. The minimum Gasteiger partial charge on any atom is -0.463 e. The lowest BCUT2D eigenvalue weighted by molar-refractivity contribution is -0.330. The summed E-state index contributed by atoms with van der Waals surface area (Å²) < 4.78 is 37.7. The molecule has 3 aromatic rings. The van der Waals surface area contributed by atoms with Crippen molar-refractivity contribution in [1.82, 2.24) is 0 Å². The van der Waals surface area contributed by atoms with E-state index in [2.05, 4.69) is 12.1 Å². The Morgan fingerprint density at radius 3 is 1.95 bits per heavy atom. The molecule has 2 aliphatic rings. The van der Waals surface area contributed by atoms with Gasteiger partial charge in [0.25, 0.3) is 0 Å². The topological polar surface area (TPSA) is 72.5 Å². The van der Waals surface area contributed by atoms with Crippen LogP contribution < -0.4 is 0 Å². The first-order chi connectivity index (χ1) is 19.6. The number of hydrogen-bond donors (Lipinski definition) is 0. The third kappa shape index (κ3) is 7.99. The predicted molar refractivity (Wildman–Crippen MR) is 149 cm³/mol. The monoisotopic (exact) mass is 546 g/mol. The Hall–Kier alpha value is -3.07. The quantitative estimate of drug-likeness (QED) is 0.274. The number of carbonyl (C=O) groups is 1. The molecule has 0 saturated carbocycles. The number of ether oxygens (including phenoxy) is 6. The fraction of sp³-hybridized carbons (Fsp3) is 0.424. The lowest BCUT2D eigenvalue weighted by Gasteiger charge is -2.46. The van der Waals surface area contributed by atoms with E-state index >= 15 is 0 Å². The van der Waals surface area contributed by atoms with Crippen molar-refractivity contribution in [1.29, 1.82) is 0 Å². The van der Waals surface area contributed by atoms with Gasteiger partial charge in [-0.1, -0.05) is 91.0 Å². The van der Waals surface area contributed by atoms with Gasteiger partial charge >= 0.3 is 5.97 Å². The molecule has 0 amide bonds. The maximum Gasteiger partial charge on any atom is 0.302 e. The molecule has 7 heteroatoms. The highest BCUT2D eigenvalue weighted by atomic mass is 16.7. The third-order valence-electron chi connectivity index (χ3n) is 7.30. The average molecular weight is 547 g/mol. The Kier molecular flexibility index (Phi) is 9.97. The summed E-state index contributed by atoms with van der Waals surface area (Å²) in [5.74, 6) is -1.18. The van der Waals surface area contributed by atoms with Crippen molar-refractivity contribution >= 4 is 5.97 Å². The van der Waals surface area contributed by atoms with Gasteiger partial charge in [0.15, 0.2) is 5.79 Å². The van der Waals surface area contributed by atoms with Crippen LogP contribution in [-0.4, -0.2) is 49.4 Å². The SMILES string of the molecule is CC(=O)OC[C@@H]1CCC2(C[C@@H](OCc3ccccc3)[C@H](OCc3ccccc3)[C@@H](COCc3ccccc3)O2)O1. The molecule has 0 aliphatic carbocycles. The Labute approximate surface area is 236 Å². The van der Waals surface area contributed by atoms with Gasteiger partial charge in [0, 0.05) is 19.8 Å². The predicted octanol–water partition coefficient (Wildman–Crippen LogP) is 5.60. The van der Waals surface area contributed by atoms with Crippen molar-refractivity contribution in [2.75, 3.05) is 13.2 Å². The van der Waals surface area contributed by atoms with E-state index in [9.17, 15) is 4.79 Å². The molecule has 2 saturated heterocycles. The van der Waals surface area contributed by atoms with Gasteiger partial charge in [0.1, 0.15) is 18.8 Å². The summed E-state index contributed by atoms with van der Waals surface area (Å²) in [4.78, 5) is 11.4. The highest BCUT2D eigenvalue weighted by Gasteiger charge is 2.53. The number of carbonyl (C=O) groups excluding carboxylic acids is 1. The minimum atomic E-state index is -0.862. The van der Waals surface area contributed by atoms with Crippen LogP contribution in [0, 0.1) is 0 Å². The summed E-state index contributed by atoms with van der Waals surface area (Å²) in [6.07, 6.45) is 0.583. The summed E-state index contributed by atoms with van der Waals surface area (Å²) in [7, 11) is 0. The number of benzene rings is 3. The standard InChI is InChI=1S/C33H38O7/c1-25(34)36-23-29-17-18-33(39-29)19-30(37-21-27-13-7-3-8-14-27)32(38-22-28-15-9-4-10-16-28)31(40-33)24-35-20-26-11-5-2-6-12-26/h2-16,29-32H,17-24H2,1H3/t29-,30+,31+,32-,33?/m0/s1. The third-order valence-corrected chi connectivity index (χ3v) is 7.30. The molecule has 0 radical (unpaired) electrons. The molecule has 2 fully saturated rings. The lowest BCUT2D eigenvalue weighted by Crippen LogP contribution is -2.57. The van der Waals surface area contributed by atoms with E-state index in [1.54, 1.807) is 0 Å². The normalized spacial score (nSPS) is 26.1. The second-order valence-electron chi connectivity index (χ2n) is 10.4. The zero-order valence-electron chi connectivity index (χ0n) is 23.0. The van der Waals surface area contributed by atoms with E-state index in [0.717, 1.165) is 23.1 Å². The highest BCUT2D eigenvalue weighted by molar-refractivity contribution is 5.65. The molecule has 0 N–H and O–H groups in total. The van der Waals surface area contributed by atoms with Crippen molar-refractivity contribution in [3.8, 4) is 0 Å². The average Bonchev–Trinajstić information content (AvgIpc) is 3.37. The molecule has 5 atom stereocenters. The van der Waals surface area contributed by atoms with Crippen LogP contribution in [0.25, 0.3) is 0 Å². The van der Waals surface area contributed by atoms with Crippen molar-refractivity contribution in [2.24, 2.45) is 0 Å². The summed E-state index contributed by atoms with van der Waals surface area (Å²) >= 11 is 0. The molecule has 7 nitrogen and oxygen atoms in total. The van der Waals surface area contributed by atoms with Gasteiger partial charge in [-0.15, -0.1) is 0 Å². The molecule has 0 bridgehead atoms. The van der Waals surface area contributed by atoms with Gasteiger partial charge in [0.2, 0.25) is 0 Å². The van der Waals surface area contributed by atoms with E-state index in [-0.39, 0.29) is 30.9 Å². The minimum absolute atomic E-state index is 0.207. The number of esters is 1. The van der Waals surface area contributed by atoms with Crippen LogP contribution in [0.15, 0.2) is 91.0 Å². The second-order valence-corrected chi connectivity index (χ2v) is 10.4. The van der Waals surface area contributed by atoms with Crippen LogP contribution in [0.5, 0.6) is 0 Å². The molecule has 0 aromatic heterocycles. The van der Waals surface area contributed by atoms with Crippen LogP contribution in [0.1, 0.15) is 42.9 Å². The van der Waals surface area contributed by atoms with Gasteiger partial charge in [-0.05, 0) is 23.1 Å². The Bertz CT molecular complexity index is 1170. The fourth-order valence-corrected chi connectivity index (χ4v) is 5.33. The first kappa shape index (κ1) is 28.5. The molecule has 40 heavy (non-hydrogen) atoms. The van der Waals surface area contributed by atoms with Crippen LogP contribution in [-0.2, 0) is 53.0 Å². The van der Waals surface area contributed by atoms with Crippen LogP contribution in [0.3, 0.4) is 0 Å².